The van der Waals surface area contributed by atoms with Crippen molar-refractivity contribution in [2.45, 2.75) is 71.8 Å². The SMILES string of the molecule is CCCCCCN(C(=O)CCC)C(CC)c1nc2ccccc2c(=O)n1-c1ccc(F)c(Cl)c1. The van der Waals surface area contributed by atoms with E-state index in [9.17, 15) is 14.0 Å². The quantitative estimate of drug-likeness (QED) is 0.279. The fourth-order valence-electron chi connectivity index (χ4n) is 4.31. The highest BCUT2D eigenvalue weighted by molar-refractivity contribution is 6.30. The van der Waals surface area contributed by atoms with Crippen molar-refractivity contribution in [1.29, 1.82) is 0 Å². The van der Waals surface area contributed by atoms with Crippen LogP contribution >= 0.6 is 11.6 Å². The van der Waals surface area contributed by atoms with E-state index >= 15 is 0 Å². The number of carbonyl (C=O) groups is 1. The first-order chi connectivity index (χ1) is 16.4. The largest absolute Gasteiger partial charge is 0.333 e. The molecule has 0 N–H and O–H groups in total. The number of hydrogen-bond donors (Lipinski definition) is 0. The van der Waals surface area contributed by atoms with Crippen molar-refractivity contribution >= 4 is 28.4 Å². The van der Waals surface area contributed by atoms with Crippen molar-refractivity contribution in [3.05, 3.63) is 69.5 Å². The van der Waals surface area contributed by atoms with Gasteiger partial charge in [0.05, 0.1) is 27.7 Å². The number of para-hydroxylation sites is 1. The molecule has 5 nitrogen and oxygen atoms in total. The summed E-state index contributed by atoms with van der Waals surface area (Å²) in [4.78, 5) is 33.6. The predicted octanol–water partition coefficient (Wildman–Crippen LogP) is 6.84. The lowest BCUT2D eigenvalue weighted by atomic mass is 10.1. The highest BCUT2D eigenvalue weighted by Crippen LogP contribution is 2.28. The van der Waals surface area contributed by atoms with Crippen LogP contribution in [0.15, 0.2) is 47.3 Å². The molecule has 3 aromatic rings. The van der Waals surface area contributed by atoms with E-state index < -0.39 is 11.9 Å². The zero-order valence-corrected chi connectivity index (χ0v) is 20.9. The average molecular weight is 486 g/mol. The van der Waals surface area contributed by atoms with E-state index in [1.165, 1.54) is 22.8 Å². The van der Waals surface area contributed by atoms with Crippen molar-refractivity contribution in [2.24, 2.45) is 0 Å². The summed E-state index contributed by atoms with van der Waals surface area (Å²) in [5.41, 5.74) is 0.729. The Morgan fingerprint density at radius 3 is 2.53 bits per heavy atom. The smallest absolute Gasteiger partial charge is 0.266 e. The van der Waals surface area contributed by atoms with Gasteiger partial charge in [-0.1, -0.05) is 63.8 Å². The summed E-state index contributed by atoms with van der Waals surface area (Å²) in [6.07, 6.45) is 5.91. The number of halogens is 2. The molecule has 34 heavy (non-hydrogen) atoms. The van der Waals surface area contributed by atoms with Gasteiger partial charge >= 0.3 is 0 Å². The number of rotatable bonds is 11. The van der Waals surface area contributed by atoms with Crippen LogP contribution in [0, 0.1) is 5.82 Å². The Morgan fingerprint density at radius 2 is 1.85 bits per heavy atom. The fraction of sp³-hybridized carbons (Fsp3) is 0.444. The lowest BCUT2D eigenvalue weighted by Gasteiger charge is -2.32. The van der Waals surface area contributed by atoms with Crippen molar-refractivity contribution in [2.75, 3.05) is 6.54 Å². The fourth-order valence-corrected chi connectivity index (χ4v) is 4.48. The Morgan fingerprint density at radius 1 is 1.09 bits per heavy atom. The van der Waals surface area contributed by atoms with Crippen molar-refractivity contribution in [3.63, 3.8) is 0 Å². The first-order valence-corrected chi connectivity index (χ1v) is 12.6. The van der Waals surface area contributed by atoms with Gasteiger partial charge in [0, 0.05) is 13.0 Å². The first-order valence-electron chi connectivity index (χ1n) is 12.2. The molecule has 0 fully saturated rings. The Labute approximate surface area is 205 Å². The molecule has 1 heterocycles. The molecule has 0 aliphatic rings. The van der Waals surface area contributed by atoms with Crippen LogP contribution < -0.4 is 5.56 Å². The van der Waals surface area contributed by atoms with Gasteiger partial charge in [0.25, 0.3) is 5.56 Å². The van der Waals surface area contributed by atoms with Gasteiger partial charge in [-0.05, 0) is 49.6 Å². The van der Waals surface area contributed by atoms with Crippen LogP contribution in [0.5, 0.6) is 0 Å². The van der Waals surface area contributed by atoms with Gasteiger partial charge in [-0.3, -0.25) is 14.2 Å². The summed E-state index contributed by atoms with van der Waals surface area (Å²) in [5, 5.41) is 0.381. The second-order valence-electron chi connectivity index (χ2n) is 8.55. The second-order valence-corrected chi connectivity index (χ2v) is 8.96. The molecule has 0 aliphatic carbocycles. The summed E-state index contributed by atoms with van der Waals surface area (Å²) in [6, 6.07) is 10.9. The summed E-state index contributed by atoms with van der Waals surface area (Å²) in [5.74, 6) is -0.0396. The minimum Gasteiger partial charge on any atom is -0.333 e. The Bertz CT molecular complexity index is 1190. The Hall–Kier alpha value is -2.73. The van der Waals surface area contributed by atoms with Gasteiger partial charge in [0.2, 0.25) is 5.91 Å². The molecule has 2 aromatic carbocycles. The molecule has 3 rings (SSSR count). The number of amides is 1. The average Bonchev–Trinajstić information content (AvgIpc) is 2.83. The zero-order chi connectivity index (χ0) is 24.7. The minimum atomic E-state index is -0.559. The number of hydrogen-bond acceptors (Lipinski definition) is 3. The van der Waals surface area contributed by atoms with Crippen LogP contribution in [-0.4, -0.2) is 26.9 Å². The van der Waals surface area contributed by atoms with Gasteiger partial charge in [-0.15, -0.1) is 0 Å². The molecule has 0 bridgehead atoms. The number of carbonyl (C=O) groups excluding carboxylic acids is 1. The van der Waals surface area contributed by atoms with Crippen LogP contribution in [0.2, 0.25) is 5.02 Å². The molecule has 1 amide bonds. The van der Waals surface area contributed by atoms with Crippen LogP contribution in [0.4, 0.5) is 4.39 Å². The third-order valence-corrected chi connectivity index (χ3v) is 6.35. The summed E-state index contributed by atoms with van der Waals surface area (Å²) < 4.78 is 15.4. The van der Waals surface area contributed by atoms with E-state index in [4.69, 9.17) is 16.6 Å². The van der Waals surface area contributed by atoms with Crippen molar-refractivity contribution < 1.29 is 9.18 Å². The van der Waals surface area contributed by atoms with E-state index in [2.05, 4.69) is 6.92 Å². The van der Waals surface area contributed by atoms with Gasteiger partial charge < -0.3 is 4.90 Å². The molecule has 0 saturated carbocycles. The number of fused-ring (bicyclic) bond motifs is 1. The van der Waals surface area contributed by atoms with Crippen molar-refractivity contribution in [3.8, 4) is 5.69 Å². The number of nitrogens with zero attached hydrogens (tertiary/aromatic N) is 3. The normalized spacial score (nSPS) is 12.1. The van der Waals surface area contributed by atoms with Crippen LogP contribution in [0.1, 0.15) is 77.6 Å². The molecule has 0 radical (unpaired) electrons. The molecular formula is C27H33ClFN3O2. The van der Waals surface area contributed by atoms with Crippen LogP contribution in [-0.2, 0) is 4.79 Å². The highest BCUT2D eigenvalue weighted by atomic mass is 35.5. The van der Waals surface area contributed by atoms with Gasteiger partial charge in [-0.2, -0.15) is 0 Å². The number of aromatic nitrogens is 2. The molecule has 0 aliphatic heterocycles. The Balaban J connectivity index is 2.21. The van der Waals surface area contributed by atoms with E-state index in [0.29, 0.717) is 41.8 Å². The predicted molar refractivity (Wildman–Crippen MR) is 136 cm³/mol. The summed E-state index contributed by atoms with van der Waals surface area (Å²) in [7, 11) is 0. The first kappa shape index (κ1) is 25.9. The molecule has 182 valence electrons. The zero-order valence-electron chi connectivity index (χ0n) is 20.2. The monoisotopic (exact) mass is 485 g/mol. The van der Waals surface area contributed by atoms with Crippen LogP contribution in [0.3, 0.4) is 0 Å². The standard InChI is InChI=1S/C27H33ClFN3O2/c1-4-7-8-11-17-31(25(33)12-5-2)24(6-3)26-30-23-14-10-9-13-20(23)27(34)32(26)19-15-16-22(29)21(28)18-19/h9-10,13-16,18,24H,4-8,11-12,17H2,1-3H3. The lowest BCUT2D eigenvalue weighted by molar-refractivity contribution is -0.134. The highest BCUT2D eigenvalue weighted by Gasteiger charge is 2.28. The third-order valence-electron chi connectivity index (χ3n) is 6.06. The molecule has 0 saturated heterocycles. The lowest BCUT2D eigenvalue weighted by Crippen LogP contribution is -2.39. The van der Waals surface area contributed by atoms with Gasteiger partial charge in [-0.25, -0.2) is 9.37 Å². The topological polar surface area (TPSA) is 55.2 Å². The number of benzene rings is 2. The minimum absolute atomic E-state index is 0.0527. The molecule has 1 aromatic heterocycles. The maximum Gasteiger partial charge on any atom is 0.266 e. The van der Waals surface area contributed by atoms with E-state index in [0.717, 1.165) is 32.1 Å². The summed E-state index contributed by atoms with van der Waals surface area (Å²) >= 11 is 6.08. The van der Waals surface area contributed by atoms with Gasteiger partial charge in [0.15, 0.2) is 0 Å². The molecule has 7 heteroatoms. The maximum absolute atomic E-state index is 13.9. The number of unbranched alkanes of at least 4 members (excludes halogenated alkanes) is 3. The van der Waals surface area contributed by atoms with E-state index in [1.807, 2.05) is 24.8 Å². The van der Waals surface area contributed by atoms with Crippen LogP contribution in [0.25, 0.3) is 16.6 Å². The molecule has 0 spiro atoms. The van der Waals surface area contributed by atoms with Gasteiger partial charge in [0.1, 0.15) is 11.6 Å². The van der Waals surface area contributed by atoms with Crippen molar-refractivity contribution in [1.82, 2.24) is 14.5 Å². The molecule has 1 atom stereocenters. The van der Waals surface area contributed by atoms with E-state index in [1.54, 1.807) is 18.2 Å². The summed E-state index contributed by atoms with van der Waals surface area (Å²) in [6.45, 7) is 6.73. The maximum atomic E-state index is 13.9. The van der Waals surface area contributed by atoms with E-state index in [-0.39, 0.29) is 16.5 Å². The molecular weight excluding hydrogens is 453 g/mol. The Kier molecular flexibility index (Phi) is 9.22. The second kappa shape index (κ2) is 12.1. The molecule has 1 unspecified atom stereocenters. The third kappa shape index (κ3) is 5.66.